The number of benzene rings is 1. The molecule has 0 unspecified atom stereocenters. The highest BCUT2D eigenvalue weighted by molar-refractivity contribution is 5.83. The normalized spacial score (nSPS) is 16.8. The lowest BCUT2D eigenvalue weighted by Gasteiger charge is -2.27. The fraction of sp³-hybridized carbons (Fsp3) is 0.524. The molecule has 2 N–H and O–H groups in total. The largest absolute Gasteiger partial charge is 0.322 e. The summed E-state index contributed by atoms with van der Waals surface area (Å²) in [5, 5.41) is 13.7. The summed E-state index contributed by atoms with van der Waals surface area (Å²) in [5.41, 5.74) is 3.65. The molecule has 1 atom stereocenters. The van der Waals surface area contributed by atoms with Crippen LogP contribution in [-0.2, 0) is 5.54 Å². The smallest absolute Gasteiger partial charge is 0.258 e. The van der Waals surface area contributed by atoms with Crippen molar-refractivity contribution >= 4 is 10.9 Å². The molecule has 3 aromatic rings. The minimum absolute atomic E-state index is 0.0472. The van der Waals surface area contributed by atoms with Crippen molar-refractivity contribution in [1.82, 2.24) is 25.2 Å². The molecule has 3 heterocycles. The van der Waals surface area contributed by atoms with Gasteiger partial charge in [-0.15, -0.1) is 5.10 Å². The summed E-state index contributed by atoms with van der Waals surface area (Å²) in [4.78, 5) is 17.7. The number of hydrogen-bond donors (Lipinski definition) is 2. The van der Waals surface area contributed by atoms with Gasteiger partial charge in [0.25, 0.3) is 5.56 Å². The Labute approximate surface area is 164 Å². The van der Waals surface area contributed by atoms with Gasteiger partial charge in [-0.25, -0.2) is 4.68 Å². The lowest BCUT2D eigenvalue weighted by molar-refractivity contribution is -0.914. The highest BCUT2D eigenvalue weighted by Crippen LogP contribution is 2.24. The van der Waals surface area contributed by atoms with E-state index >= 15 is 0 Å². The van der Waals surface area contributed by atoms with Crippen LogP contribution < -0.4 is 10.5 Å². The summed E-state index contributed by atoms with van der Waals surface area (Å²) in [6.45, 7) is 12.4. The molecule has 2 aromatic heterocycles. The molecule has 0 spiro atoms. The van der Waals surface area contributed by atoms with Crippen molar-refractivity contribution in [3.05, 3.63) is 51.1 Å². The van der Waals surface area contributed by atoms with Gasteiger partial charge in [0.05, 0.1) is 29.7 Å². The van der Waals surface area contributed by atoms with E-state index in [1.807, 2.05) is 10.7 Å². The molecule has 0 amide bonds. The SMILES string of the molecule is Cc1ccc2cc([C@@H](c3nnnn3C(C)(C)C)[NH+]3CCCC3)c(=O)[nH]c2c1C. The maximum absolute atomic E-state index is 13.2. The number of pyridine rings is 1. The zero-order valence-electron chi connectivity index (χ0n) is 17.3. The lowest BCUT2D eigenvalue weighted by Crippen LogP contribution is -3.10. The summed E-state index contributed by atoms with van der Waals surface area (Å²) >= 11 is 0. The molecule has 0 radical (unpaired) electrons. The zero-order valence-corrected chi connectivity index (χ0v) is 17.3. The number of aromatic nitrogens is 5. The summed E-state index contributed by atoms with van der Waals surface area (Å²) in [7, 11) is 0. The van der Waals surface area contributed by atoms with Gasteiger partial charge in [-0.1, -0.05) is 12.1 Å². The van der Waals surface area contributed by atoms with Gasteiger partial charge in [-0.05, 0) is 67.6 Å². The van der Waals surface area contributed by atoms with Crippen LogP contribution in [0, 0.1) is 13.8 Å². The number of hydrogen-bond acceptors (Lipinski definition) is 4. The molecule has 0 saturated carbocycles. The first-order valence-corrected chi connectivity index (χ1v) is 10.0. The van der Waals surface area contributed by atoms with E-state index in [1.54, 1.807) is 0 Å². The van der Waals surface area contributed by atoms with E-state index in [-0.39, 0.29) is 17.1 Å². The third-order valence-corrected chi connectivity index (χ3v) is 5.93. The van der Waals surface area contributed by atoms with Crippen LogP contribution in [0.15, 0.2) is 23.0 Å². The second kappa shape index (κ2) is 6.81. The molecule has 28 heavy (non-hydrogen) atoms. The summed E-state index contributed by atoms with van der Waals surface area (Å²) in [6.07, 6.45) is 2.32. The number of aryl methyl sites for hydroxylation is 2. The lowest BCUT2D eigenvalue weighted by atomic mass is 9.99. The summed E-state index contributed by atoms with van der Waals surface area (Å²) in [6, 6.07) is 6.06. The Morgan fingerprint density at radius 2 is 1.89 bits per heavy atom. The zero-order chi connectivity index (χ0) is 20.1. The minimum atomic E-state index is -0.256. The second-order valence-corrected chi connectivity index (χ2v) is 8.94. The number of nitrogens with zero attached hydrogens (tertiary/aromatic N) is 4. The predicted octanol–water partition coefficient (Wildman–Crippen LogP) is 1.65. The van der Waals surface area contributed by atoms with Gasteiger partial charge in [-0.2, -0.15) is 0 Å². The molecular weight excluding hydrogens is 352 g/mol. The van der Waals surface area contributed by atoms with Crippen LogP contribution in [0.4, 0.5) is 0 Å². The molecule has 0 aliphatic carbocycles. The number of nitrogens with one attached hydrogen (secondary N) is 2. The molecular formula is C21H29N6O+. The van der Waals surface area contributed by atoms with Gasteiger partial charge < -0.3 is 9.88 Å². The van der Waals surface area contributed by atoms with Crippen LogP contribution in [-0.4, -0.2) is 38.3 Å². The molecule has 1 saturated heterocycles. The van der Waals surface area contributed by atoms with E-state index in [2.05, 4.69) is 67.3 Å². The first-order valence-electron chi connectivity index (χ1n) is 10.0. The van der Waals surface area contributed by atoms with Crippen molar-refractivity contribution in [2.24, 2.45) is 0 Å². The van der Waals surface area contributed by atoms with Crippen LogP contribution in [0.5, 0.6) is 0 Å². The van der Waals surface area contributed by atoms with E-state index in [4.69, 9.17) is 0 Å². The average molecular weight is 382 g/mol. The van der Waals surface area contributed by atoms with Crippen molar-refractivity contribution in [2.45, 2.75) is 59.0 Å². The van der Waals surface area contributed by atoms with Gasteiger partial charge in [0.2, 0.25) is 5.82 Å². The fourth-order valence-corrected chi connectivity index (χ4v) is 4.27. The number of rotatable bonds is 3. The van der Waals surface area contributed by atoms with Gasteiger partial charge in [-0.3, -0.25) is 4.79 Å². The van der Waals surface area contributed by atoms with Crippen LogP contribution in [0.1, 0.15) is 62.2 Å². The first-order chi connectivity index (χ1) is 13.3. The van der Waals surface area contributed by atoms with Crippen LogP contribution >= 0.6 is 0 Å². The Bertz CT molecular complexity index is 1070. The van der Waals surface area contributed by atoms with E-state index in [1.165, 1.54) is 10.5 Å². The average Bonchev–Trinajstić information content (AvgIpc) is 3.32. The van der Waals surface area contributed by atoms with Crippen molar-refractivity contribution in [1.29, 1.82) is 0 Å². The Morgan fingerprint density at radius 3 is 2.57 bits per heavy atom. The Hall–Kier alpha value is -2.54. The van der Waals surface area contributed by atoms with Gasteiger partial charge in [0, 0.05) is 12.8 Å². The van der Waals surface area contributed by atoms with E-state index in [0.29, 0.717) is 0 Å². The molecule has 1 aliphatic heterocycles. The molecule has 148 valence electrons. The molecule has 7 nitrogen and oxygen atoms in total. The van der Waals surface area contributed by atoms with E-state index < -0.39 is 0 Å². The van der Waals surface area contributed by atoms with Crippen LogP contribution in [0.3, 0.4) is 0 Å². The maximum Gasteiger partial charge on any atom is 0.258 e. The Morgan fingerprint density at radius 1 is 1.18 bits per heavy atom. The number of quaternary nitrogens is 1. The van der Waals surface area contributed by atoms with Crippen molar-refractivity contribution in [3.8, 4) is 0 Å². The summed E-state index contributed by atoms with van der Waals surface area (Å²) in [5.74, 6) is 0.762. The molecule has 1 fully saturated rings. The highest BCUT2D eigenvalue weighted by Gasteiger charge is 2.37. The molecule has 1 aliphatic rings. The highest BCUT2D eigenvalue weighted by atomic mass is 16.1. The second-order valence-electron chi connectivity index (χ2n) is 8.94. The summed E-state index contributed by atoms with van der Waals surface area (Å²) < 4.78 is 1.87. The van der Waals surface area contributed by atoms with Crippen LogP contribution in [0.25, 0.3) is 10.9 Å². The maximum atomic E-state index is 13.2. The number of fused-ring (bicyclic) bond motifs is 1. The van der Waals surface area contributed by atoms with E-state index in [0.717, 1.165) is 53.8 Å². The number of likely N-dealkylation sites (tertiary alicyclic amines) is 1. The number of H-pyrrole nitrogens is 1. The third kappa shape index (κ3) is 3.13. The van der Waals surface area contributed by atoms with E-state index in [9.17, 15) is 4.79 Å². The van der Waals surface area contributed by atoms with Crippen molar-refractivity contribution in [3.63, 3.8) is 0 Å². The Kier molecular flexibility index (Phi) is 4.57. The molecule has 4 rings (SSSR count). The van der Waals surface area contributed by atoms with Gasteiger partial charge >= 0.3 is 0 Å². The van der Waals surface area contributed by atoms with Crippen molar-refractivity contribution < 1.29 is 4.90 Å². The number of tetrazole rings is 1. The van der Waals surface area contributed by atoms with Gasteiger partial charge in [0.15, 0.2) is 6.04 Å². The standard InChI is InChI=1S/C21H28N6O/c1-13-8-9-15-12-16(20(28)22-17(15)14(13)2)18(26-10-6-7-11-26)19-23-24-25-27(19)21(3,4)5/h8-9,12,18H,6-7,10-11H2,1-5H3,(H,22,28)/p+1/t18-/m0/s1. The first kappa shape index (κ1) is 18.8. The molecule has 7 heteroatoms. The van der Waals surface area contributed by atoms with Crippen molar-refractivity contribution in [2.75, 3.05) is 13.1 Å². The topological polar surface area (TPSA) is 80.9 Å². The van der Waals surface area contributed by atoms with Gasteiger partial charge in [0.1, 0.15) is 0 Å². The Balaban J connectivity index is 1.94. The van der Waals surface area contributed by atoms with Crippen LogP contribution in [0.2, 0.25) is 0 Å². The number of aromatic amines is 1. The molecule has 1 aromatic carbocycles. The minimum Gasteiger partial charge on any atom is -0.322 e. The fourth-order valence-electron chi connectivity index (χ4n) is 4.27. The monoisotopic (exact) mass is 381 g/mol. The third-order valence-electron chi connectivity index (χ3n) is 5.93. The quantitative estimate of drug-likeness (QED) is 0.723. The molecule has 0 bridgehead atoms. The predicted molar refractivity (Wildman–Crippen MR) is 109 cm³/mol.